The van der Waals surface area contributed by atoms with Crippen LogP contribution in [-0.4, -0.2) is 0 Å². The predicted octanol–water partition coefficient (Wildman–Crippen LogP) is 3.90. The molecular weight excluding hydrogens is 205 g/mol. The highest BCUT2D eigenvalue weighted by Gasteiger charge is 2.08. The molecule has 84 valence electrons. The third-order valence-electron chi connectivity index (χ3n) is 2.51. The van der Waals surface area contributed by atoms with Crippen molar-refractivity contribution in [3.05, 3.63) is 53.7 Å². The Balaban J connectivity index is 2.12. The minimum absolute atomic E-state index is 0.0693. The summed E-state index contributed by atoms with van der Waals surface area (Å²) in [5.41, 5.74) is 1.53. The highest BCUT2D eigenvalue weighted by atomic mass is 19.1. The number of hydrogen-bond donors (Lipinski definition) is 1. The van der Waals surface area contributed by atoms with Crippen molar-refractivity contribution in [3.8, 4) is 0 Å². The minimum atomic E-state index is -0.184. The summed E-state index contributed by atoms with van der Waals surface area (Å²) >= 11 is 0. The van der Waals surface area contributed by atoms with Crippen LogP contribution in [0.2, 0.25) is 0 Å². The minimum Gasteiger partial charge on any atom is -0.467 e. The van der Waals surface area contributed by atoms with Gasteiger partial charge in [-0.15, -0.1) is 0 Å². The molecule has 0 aliphatic heterocycles. The molecule has 0 amide bonds. The third kappa shape index (κ3) is 2.24. The maximum Gasteiger partial charge on any atom is 0.126 e. The van der Waals surface area contributed by atoms with E-state index >= 15 is 0 Å². The van der Waals surface area contributed by atoms with Crippen LogP contribution in [0.15, 0.2) is 41.0 Å². The van der Waals surface area contributed by atoms with E-state index in [1.54, 1.807) is 25.3 Å². The summed E-state index contributed by atoms with van der Waals surface area (Å²) in [6, 6.07) is 8.81. The van der Waals surface area contributed by atoms with Crippen molar-refractivity contribution in [3.63, 3.8) is 0 Å². The molecule has 0 spiro atoms. The van der Waals surface area contributed by atoms with Crippen LogP contribution in [0.25, 0.3) is 0 Å². The van der Waals surface area contributed by atoms with Gasteiger partial charge in [-0.1, -0.05) is 0 Å². The number of aryl methyl sites for hydroxylation is 1. The normalized spacial score (nSPS) is 12.4. The Bertz CT molecular complexity index is 465. The van der Waals surface area contributed by atoms with Gasteiger partial charge >= 0.3 is 0 Å². The van der Waals surface area contributed by atoms with Crippen molar-refractivity contribution in [1.29, 1.82) is 0 Å². The Hall–Kier alpha value is -1.77. The summed E-state index contributed by atoms with van der Waals surface area (Å²) in [5, 5.41) is 3.25. The van der Waals surface area contributed by atoms with E-state index in [0.717, 1.165) is 11.4 Å². The largest absolute Gasteiger partial charge is 0.467 e. The Morgan fingerprint density at radius 2 is 2.12 bits per heavy atom. The molecule has 2 nitrogen and oxygen atoms in total. The quantitative estimate of drug-likeness (QED) is 0.846. The van der Waals surface area contributed by atoms with Crippen molar-refractivity contribution in [2.45, 2.75) is 19.9 Å². The number of halogens is 1. The van der Waals surface area contributed by atoms with Crippen molar-refractivity contribution in [2.24, 2.45) is 0 Å². The zero-order chi connectivity index (χ0) is 11.5. The summed E-state index contributed by atoms with van der Waals surface area (Å²) in [6.07, 6.45) is 1.64. The number of nitrogens with one attached hydrogen (secondary N) is 1. The number of furan rings is 1. The van der Waals surface area contributed by atoms with Crippen LogP contribution in [0.4, 0.5) is 10.1 Å². The molecule has 1 atom stereocenters. The maximum absolute atomic E-state index is 13.1. The van der Waals surface area contributed by atoms with Crippen molar-refractivity contribution in [1.82, 2.24) is 0 Å². The molecule has 0 saturated heterocycles. The molecule has 0 saturated carbocycles. The van der Waals surface area contributed by atoms with Crippen LogP contribution in [0, 0.1) is 12.7 Å². The molecule has 0 radical (unpaired) electrons. The van der Waals surface area contributed by atoms with Gasteiger partial charge in [0.25, 0.3) is 0 Å². The molecule has 3 heteroatoms. The Labute approximate surface area is 94.1 Å². The summed E-state index contributed by atoms with van der Waals surface area (Å²) in [7, 11) is 0. The lowest BCUT2D eigenvalue weighted by atomic mass is 10.2. The first-order chi connectivity index (χ1) is 7.66. The molecule has 1 heterocycles. The van der Waals surface area contributed by atoms with E-state index in [9.17, 15) is 4.39 Å². The number of benzene rings is 1. The highest BCUT2D eigenvalue weighted by Crippen LogP contribution is 2.21. The summed E-state index contributed by atoms with van der Waals surface area (Å²) in [5.74, 6) is 0.679. The summed E-state index contributed by atoms with van der Waals surface area (Å²) in [4.78, 5) is 0. The van der Waals surface area contributed by atoms with Gasteiger partial charge in [0, 0.05) is 5.69 Å². The fourth-order valence-electron chi connectivity index (χ4n) is 1.59. The molecule has 2 aromatic rings. The van der Waals surface area contributed by atoms with Crippen molar-refractivity contribution >= 4 is 5.69 Å². The van der Waals surface area contributed by atoms with Crippen molar-refractivity contribution < 1.29 is 8.81 Å². The first-order valence-corrected chi connectivity index (χ1v) is 5.23. The van der Waals surface area contributed by atoms with Crippen molar-refractivity contribution in [2.75, 3.05) is 5.32 Å². The van der Waals surface area contributed by atoms with Crippen LogP contribution in [0.3, 0.4) is 0 Å². The fraction of sp³-hybridized carbons (Fsp3) is 0.231. The van der Waals surface area contributed by atoms with Gasteiger partial charge in [0.1, 0.15) is 11.6 Å². The fourth-order valence-corrected chi connectivity index (χ4v) is 1.59. The number of hydrogen-bond acceptors (Lipinski definition) is 2. The van der Waals surface area contributed by atoms with Gasteiger partial charge in [0.05, 0.1) is 12.3 Å². The van der Waals surface area contributed by atoms with E-state index < -0.39 is 0 Å². The first kappa shape index (κ1) is 10.7. The van der Waals surface area contributed by atoms with Gasteiger partial charge in [0.15, 0.2) is 0 Å². The van der Waals surface area contributed by atoms with Gasteiger partial charge < -0.3 is 9.73 Å². The molecular formula is C13H14FNO. The number of anilines is 1. The van der Waals surface area contributed by atoms with Crippen LogP contribution in [-0.2, 0) is 0 Å². The zero-order valence-electron chi connectivity index (χ0n) is 9.33. The molecule has 1 N–H and O–H groups in total. The van der Waals surface area contributed by atoms with Gasteiger partial charge in [0.2, 0.25) is 0 Å². The summed E-state index contributed by atoms with van der Waals surface area (Å²) in [6.45, 7) is 3.75. The Kier molecular flexibility index (Phi) is 2.95. The summed E-state index contributed by atoms with van der Waals surface area (Å²) < 4.78 is 18.3. The lowest BCUT2D eigenvalue weighted by molar-refractivity contribution is 0.490. The van der Waals surface area contributed by atoms with Gasteiger partial charge in [-0.2, -0.15) is 0 Å². The average Bonchev–Trinajstić information content (AvgIpc) is 2.77. The van der Waals surface area contributed by atoms with Crippen LogP contribution in [0.1, 0.15) is 24.3 Å². The second kappa shape index (κ2) is 4.39. The second-order valence-corrected chi connectivity index (χ2v) is 3.85. The molecule has 0 fully saturated rings. The van der Waals surface area contributed by atoms with Gasteiger partial charge in [-0.3, -0.25) is 0 Å². The molecule has 0 bridgehead atoms. The lowest BCUT2D eigenvalue weighted by Crippen LogP contribution is -2.05. The lowest BCUT2D eigenvalue weighted by Gasteiger charge is -2.13. The molecule has 0 aliphatic rings. The van der Waals surface area contributed by atoms with Gasteiger partial charge in [-0.05, 0) is 49.7 Å². The molecule has 2 rings (SSSR count). The Morgan fingerprint density at radius 3 is 2.75 bits per heavy atom. The SMILES string of the molecule is Cc1cc(NC(C)c2ccco2)ccc1F. The molecule has 0 aliphatic carbocycles. The van der Waals surface area contributed by atoms with E-state index in [2.05, 4.69) is 5.32 Å². The smallest absolute Gasteiger partial charge is 0.126 e. The highest BCUT2D eigenvalue weighted by molar-refractivity contribution is 5.47. The molecule has 1 aromatic carbocycles. The van der Waals surface area contributed by atoms with E-state index in [1.807, 2.05) is 19.1 Å². The monoisotopic (exact) mass is 219 g/mol. The van der Waals surface area contributed by atoms with E-state index in [-0.39, 0.29) is 11.9 Å². The standard InChI is InChI=1S/C13H14FNO/c1-9-8-11(5-6-12(9)14)15-10(2)13-4-3-7-16-13/h3-8,10,15H,1-2H3. The second-order valence-electron chi connectivity index (χ2n) is 3.85. The van der Waals surface area contributed by atoms with Gasteiger partial charge in [-0.25, -0.2) is 4.39 Å². The molecule has 1 unspecified atom stereocenters. The van der Waals surface area contributed by atoms with Crippen LogP contribution < -0.4 is 5.32 Å². The van der Waals surface area contributed by atoms with Crippen LogP contribution in [0.5, 0.6) is 0 Å². The Morgan fingerprint density at radius 1 is 1.31 bits per heavy atom. The average molecular weight is 219 g/mol. The zero-order valence-corrected chi connectivity index (χ0v) is 9.33. The molecule has 16 heavy (non-hydrogen) atoms. The van der Waals surface area contributed by atoms with Crippen LogP contribution >= 0.6 is 0 Å². The topological polar surface area (TPSA) is 25.2 Å². The molecule has 1 aromatic heterocycles. The first-order valence-electron chi connectivity index (χ1n) is 5.23. The third-order valence-corrected chi connectivity index (χ3v) is 2.51. The van der Waals surface area contributed by atoms with E-state index in [0.29, 0.717) is 5.56 Å². The van der Waals surface area contributed by atoms with E-state index in [4.69, 9.17) is 4.42 Å². The predicted molar refractivity (Wildman–Crippen MR) is 61.9 cm³/mol. The number of rotatable bonds is 3. The van der Waals surface area contributed by atoms with E-state index in [1.165, 1.54) is 6.07 Å². The maximum atomic E-state index is 13.1.